The molecule has 0 radical (unpaired) electrons. The Bertz CT molecular complexity index is 720. The lowest BCUT2D eigenvalue weighted by Crippen LogP contribution is -2.82. The average molecular weight is 535 g/mol. The van der Waals surface area contributed by atoms with Gasteiger partial charge in [0.2, 0.25) is 0 Å². The quantitative estimate of drug-likeness (QED) is 0.391. The predicted octanol–water partition coefficient (Wildman–Crippen LogP) is 5.82. The second-order valence-electron chi connectivity index (χ2n) is 15.8. The van der Waals surface area contributed by atoms with Crippen molar-refractivity contribution in [3.63, 3.8) is 0 Å². The smallest absolute Gasteiger partial charge is 0.183 e. The largest absolute Gasteiger partial charge is 0.321 e. The Morgan fingerprint density at radius 1 is 0.513 bits per heavy atom. The molecule has 3 N–H and O–H groups in total. The van der Waals surface area contributed by atoms with Crippen molar-refractivity contribution in [2.24, 2.45) is 29.1 Å². The van der Waals surface area contributed by atoms with Gasteiger partial charge in [0, 0.05) is 24.7 Å². The number of nitrogens with zero attached hydrogens (tertiary/aromatic N) is 1. The van der Waals surface area contributed by atoms with Crippen molar-refractivity contribution >= 4 is 6.71 Å². The molecule has 218 valence electrons. The Morgan fingerprint density at radius 3 is 1.82 bits per heavy atom. The molecule has 5 aliphatic heterocycles. The Hall–Kier alpha value is -0.0951. The standard InChI is InChI=1S/C34H59BN4/c1-3-11-24(12-4-1)35-32-28(16-9-20-37-32)34(29-17-10-21-38-33(29)35)26-15-7-8-18-30(26)39(25-13-5-2-6-14-25)31-23-36-22-19-27(31)34/h24-33,36-38H,1-23H2. The van der Waals surface area contributed by atoms with E-state index in [0.717, 1.165) is 66.2 Å². The van der Waals surface area contributed by atoms with E-state index in [1.165, 1.54) is 142 Å². The van der Waals surface area contributed by atoms with Crippen molar-refractivity contribution in [2.45, 2.75) is 158 Å². The molecule has 3 saturated carbocycles. The van der Waals surface area contributed by atoms with Crippen LogP contribution in [0.4, 0.5) is 0 Å². The SMILES string of the molecule is C1CCC(B2C3NCCCC3C3(C4CCCNC24)C2CCCCC2N(C2CCCCC2)C2CNCCC23)CC1. The highest BCUT2D eigenvalue weighted by Gasteiger charge is 2.71. The van der Waals surface area contributed by atoms with Gasteiger partial charge in [-0.05, 0) is 118 Å². The summed E-state index contributed by atoms with van der Waals surface area (Å²) in [6.45, 7) is 6.03. The van der Waals surface area contributed by atoms with Gasteiger partial charge in [-0.25, -0.2) is 0 Å². The molecule has 5 saturated heterocycles. The molecule has 4 nitrogen and oxygen atoms in total. The summed E-state index contributed by atoms with van der Waals surface area (Å²) in [4.78, 5) is 3.29. The number of nitrogens with one attached hydrogen (secondary N) is 3. The summed E-state index contributed by atoms with van der Waals surface area (Å²) >= 11 is 0. The lowest BCUT2D eigenvalue weighted by atomic mass is 9.19. The van der Waals surface area contributed by atoms with Gasteiger partial charge in [-0.3, -0.25) is 4.90 Å². The molecular formula is C34H59BN4. The van der Waals surface area contributed by atoms with E-state index in [0.29, 0.717) is 5.41 Å². The predicted molar refractivity (Wildman–Crippen MR) is 163 cm³/mol. The average Bonchev–Trinajstić information content (AvgIpc) is 3.02. The van der Waals surface area contributed by atoms with Crippen LogP contribution in [0.1, 0.15) is 122 Å². The summed E-state index contributed by atoms with van der Waals surface area (Å²) in [5.74, 6) is 6.29. The second kappa shape index (κ2) is 11.2. The van der Waals surface area contributed by atoms with E-state index in [1.54, 1.807) is 6.42 Å². The molecule has 0 aromatic heterocycles. The molecule has 8 fully saturated rings. The monoisotopic (exact) mass is 534 g/mol. The molecule has 5 heteroatoms. The summed E-state index contributed by atoms with van der Waals surface area (Å²) < 4.78 is 0. The third kappa shape index (κ3) is 4.20. The number of hydrogen-bond donors (Lipinski definition) is 3. The molecule has 39 heavy (non-hydrogen) atoms. The molecule has 8 atom stereocenters. The van der Waals surface area contributed by atoms with E-state index < -0.39 is 0 Å². The molecule has 1 spiro atoms. The summed E-state index contributed by atoms with van der Waals surface area (Å²) in [5.41, 5.74) is 0.574. The molecule has 8 aliphatic rings. The highest BCUT2D eigenvalue weighted by molar-refractivity contribution is 6.64. The number of likely N-dealkylation sites (tertiary alicyclic amines) is 1. The number of hydrogen-bond acceptors (Lipinski definition) is 4. The third-order valence-electron chi connectivity index (χ3n) is 14.5. The van der Waals surface area contributed by atoms with Gasteiger partial charge < -0.3 is 16.0 Å². The zero-order chi connectivity index (χ0) is 25.8. The highest BCUT2D eigenvalue weighted by atomic mass is 15.3. The Morgan fingerprint density at radius 2 is 1.10 bits per heavy atom. The lowest BCUT2D eigenvalue weighted by Gasteiger charge is -2.74. The summed E-state index contributed by atoms with van der Waals surface area (Å²) in [7, 11) is 0. The van der Waals surface area contributed by atoms with E-state index in [2.05, 4.69) is 20.9 Å². The molecule has 3 aliphatic carbocycles. The second-order valence-corrected chi connectivity index (χ2v) is 15.8. The Balaban J connectivity index is 1.26. The molecular weight excluding hydrogens is 475 g/mol. The molecule has 8 unspecified atom stereocenters. The maximum Gasteiger partial charge on any atom is 0.183 e. The highest BCUT2D eigenvalue weighted by Crippen LogP contribution is 2.67. The van der Waals surface area contributed by atoms with Crippen molar-refractivity contribution in [2.75, 3.05) is 26.2 Å². The van der Waals surface area contributed by atoms with Gasteiger partial charge in [0.1, 0.15) is 0 Å². The molecule has 8 rings (SSSR count). The summed E-state index contributed by atoms with van der Waals surface area (Å²) in [5, 5.41) is 12.7. The first-order valence-corrected chi connectivity index (χ1v) is 18.3. The fourth-order valence-corrected chi connectivity index (χ4v) is 13.7. The lowest BCUT2D eigenvalue weighted by molar-refractivity contribution is -0.213. The number of rotatable bonds is 2. The maximum absolute atomic E-state index is 4.37. The van der Waals surface area contributed by atoms with Crippen molar-refractivity contribution in [3.8, 4) is 0 Å². The van der Waals surface area contributed by atoms with E-state index in [4.69, 9.17) is 0 Å². The third-order valence-corrected chi connectivity index (χ3v) is 14.5. The van der Waals surface area contributed by atoms with Gasteiger partial charge in [-0.2, -0.15) is 0 Å². The molecule has 0 bridgehead atoms. The van der Waals surface area contributed by atoms with Crippen molar-refractivity contribution < 1.29 is 0 Å². The summed E-state index contributed by atoms with van der Waals surface area (Å²) in [6.07, 6.45) is 28.4. The first-order chi connectivity index (χ1) is 19.4. The number of fused-ring (bicyclic) bond motifs is 8. The minimum atomic E-state index is 0.574. The van der Waals surface area contributed by atoms with Gasteiger partial charge in [0.05, 0.1) is 0 Å². The van der Waals surface area contributed by atoms with Gasteiger partial charge in [-0.1, -0.05) is 70.0 Å². The molecule has 5 heterocycles. The first-order valence-electron chi connectivity index (χ1n) is 18.3. The van der Waals surface area contributed by atoms with Crippen LogP contribution in [-0.2, 0) is 0 Å². The van der Waals surface area contributed by atoms with Crippen LogP contribution in [0.2, 0.25) is 5.82 Å². The van der Waals surface area contributed by atoms with Crippen molar-refractivity contribution in [3.05, 3.63) is 0 Å². The van der Waals surface area contributed by atoms with Crippen molar-refractivity contribution in [1.82, 2.24) is 20.9 Å². The van der Waals surface area contributed by atoms with Gasteiger partial charge >= 0.3 is 0 Å². The Kier molecular flexibility index (Phi) is 7.62. The van der Waals surface area contributed by atoms with Gasteiger partial charge in [0.15, 0.2) is 6.71 Å². The van der Waals surface area contributed by atoms with Crippen LogP contribution in [-0.4, -0.2) is 67.8 Å². The summed E-state index contributed by atoms with van der Waals surface area (Å²) in [6, 6.07) is 2.56. The van der Waals surface area contributed by atoms with E-state index in [9.17, 15) is 0 Å². The van der Waals surface area contributed by atoms with Gasteiger partial charge in [-0.15, -0.1) is 0 Å². The molecule has 0 aromatic carbocycles. The van der Waals surface area contributed by atoms with Crippen LogP contribution in [0.25, 0.3) is 0 Å². The zero-order valence-corrected chi connectivity index (χ0v) is 25.1. The van der Waals surface area contributed by atoms with Crippen LogP contribution in [0.15, 0.2) is 0 Å². The number of piperidine rings is 4. The van der Waals surface area contributed by atoms with Crippen LogP contribution in [0, 0.1) is 29.1 Å². The van der Waals surface area contributed by atoms with Crippen LogP contribution >= 0.6 is 0 Å². The van der Waals surface area contributed by atoms with E-state index in [1.807, 2.05) is 0 Å². The van der Waals surface area contributed by atoms with E-state index in [-0.39, 0.29) is 0 Å². The van der Waals surface area contributed by atoms with Gasteiger partial charge in [0.25, 0.3) is 0 Å². The Labute approximate surface area is 240 Å². The molecule has 0 aromatic rings. The van der Waals surface area contributed by atoms with E-state index >= 15 is 0 Å². The fraction of sp³-hybridized carbons (Fsp3) is 1.00. The van der Waals surface area contributed by atoms with Crippen LogP contribution < -0.4 is 16.0 Å². The van der Waals surface area contributed by atoms with Crippen molar-refractivity contribution in [1.29, 1.82) is 0 Å². The minimum Gasteiger partial charge on any atom is -0.321 e. The van der Waals surface area contributed by atoms with Crippen LogP contribution in [0.5, 0.6) is 0 Å². The topological polar surface area (TPSA) is 39.3 Å². The maximum atomic E-state index is 4.37. The molecule has 0 amide bonds. The fourth-order valence-electron chi connectivity index (χ4n) is 13.7. The normalized spacial score (nSPS) is 48.2. The van der Waals surface area contributed by atoms with Crippen LogP contribution in [0.3, 0.4) is 0 Å². The minimum absolute atomic E-state index is 0.574. The zero-order valence-electron chi connectivity index (χ0n) is 25.1. The first kappa shape index (κ1) is 26.5.